The van der Waals surface area contributed by atoms with Gasteiger partial charge in [-0.2, -0.15) is 5.10 Å². The molecule has 0 fully saturated rings. The van der Waals surface area contributed by atoms with Gasteiger partial charge in [-0.15, -0.1) is 0 Å². The van der Waals surface area contributed by atoms with Crippen molar-refractivity contribution in [3.05, 3.63) is 46.2 Å². The maximum Gasteiger partial charge on any atom is 0.224 e. The van der Waals surface area contributed by atoms with Crippen molar-refractivity contribution in [1.82, 2.24) is 15.1 Å². The standard InChI is InChI=1S/C17H22ClN3O2/c1-4-14(10-22)19-17(23)9-16-11(2)20-21(12(16)3)15-7-5-13(18)6-8-15/h5-8,14,22H,4,9-10H2,1-3H3,(H,19,23)/t14-/m1/s1. The van der Waals surface area contributed by atoms with E-state index in [9.17, 15) is 9.90 Å². The van der Waals surface area contributed by atoms with E-state index >= 15 is 0 Å². The van der Waals surface area contributed by atoms with Crippen LogP contribution in [0, 0.1) is 13.8 Å². The molecular weight excluding hydrogens is 314 g/mol. The molecule has 0 radical (unpaired) electrons. The van der Waals surface area contributed by atoms with Gasteiger partial charge in [0.2, 0.25) is 5.91 Å². The summed E-state index contributed by atoms with van der Waals surface area (Å²) in [5, 5.41) is 17.2. The molecule has 1 heterocycles. The Labute approximate surface area is 141 Å². The van der Waals surface area contributed by atoms with Gasteiger partial charge >= 0.3 is 0 Å². The van der Waals surface area contributed by atoms with E-state index in [1.807, 2.05) is 49.7 Å². The minimum atomic E-state index is -0.200. The molecule has 2 N–H and O–H groups in total. The van der Waals surface area contributed by atoms with E-state index in [-0.39, 0.29) is 25.0 Å². The maximum atomic E-state index is 12.2. The number of hydrogen-bond acceptors (Lipinski definition) is 3. The van der Waals surface area contributed by atoms with E-state index in [0.29, 0.717) is 11.4 Å². The first kappa shape index (κ1) is 17.5. The molecule has 1 aromatic carbocycles. The minimum absolute atomic E-state index is 0.0513. The predicted molar refractivity (Wildman–Crippen MR) is 91.1 cm³/mol. The van der Waals surface area contributed by atoms with Gasteiger partial charge in [-0.25, -0.2) is 4.68 Å². The molecule has 2 aromatic rings. The van der Waals surface area contributed by atoms with Crippen LogP contribution < -0.4 is 5.32 Å². The third-order valence-electron chi connectivity index (χ3n) is 3.93. The van der Waals surface area contributed by atoms with Crippen LogP contribution in [0.2, 0.25) is 5.02 Å². The number of halogens is 1. The number of aromatic nitrogens is 2. The Bertz CT molecular complexity index is 676. The molecule has 23 heavy (non-hydrogen) atoms. The van der Waals surface area contributed by atoms with Crippen molar-refractivity contribution in [1.29, 1.82) is 0 Å². The van der Waals surface area contributed by atoms with Gasteiger partial charge in [0.05, 0.1) is 30.5 Å². The zero-order valence-electron chi connectivity index (χ0n) is 13.6. The zero-order chi connectivity index (χ0) is 17.0. The van der Waals surface area contributed by atoms with Crippen molar-refractivity contribution in [2.45, 2.75) is 39.7 Å². The Balaban J connectivity index is 2.21. The number of carbonyl (C=O) groups is 1. The second-order valence-electron chi connectivity index (χ2n) is 5.57. The fourth-order valence-electron chi connectivity index (χ4n) is 2.48. The number of hydrogen-bond donors (Lipinski definition) is 2. The van der Waals surface area contributed by atoms with Crippen LogP contribution in [-0.2, 0) is 11.2 Å². The zero-order valence-corrected chi connectivity index (χ0v) is 14.4. The summed E-state index contributed by atoms with van der Waals surface area (Å²) in [4.78, 5) is 12.2. The maximum absolute atomic E-state index is 12.2. The monoisotopic (exact) mass is 335 g/mol. The number of aryl methyl sites for hydroxylation is 1. The number of nitrogens with zero attached hydrogens (tertiary/aromatic N) is 2. The number of rotatable bonds is 6. The molecule has 1 aromatic heterocycles. The van der Waals surface area contributed by atoms with Gasteiger partial charge in [-0.1, -0.05) is 18.5 Å². The van der Waals surface area contributed by atoms with Crippen LogP contribution in [0.3, 0.4) is 0 Å². The molecule has 2 rings (SSSR count). The lowest BCUT2D eigenvalue weighted by atomic mass is 10.1. The molecule has 0 aliphatic heterocycles. The van der Waals surface area contributed by atoms with E-state index in [1.165, 1.54) is 0 Å². The second kappa shape index (κ2) is 7.62. The molecule has 0 saturated heterocycles. The van der Waals surface area contributed by atoms with E-state index in [1.54, 1.807) is 0 Å². The summed E-state index contributed by atoms with van der Waals surface area (Å²) in [5.74, 6) is -0.104. The van der Waals surface area contributed by atoms with Crippen molar-refractivity contribution in [3.8, 4) is 5.69 Å². The highest BCUT2D eigenvalue weighted by atomic mass is 35.5. The van der Waals surface area contributed by atoms with Gasteiger partial charge in [0.15, 0.2) is 0 Å². The Morgan fingerprint density at radius 3 is 2.57 bits per heavy atom. The van der Waals surface area contributed by atoms with Crippen LogP contribution in [0.15, 0.2) is 24.3 Å². The molecule has 0 spiro atoms. The van der Waals surface area contributed by atoms with Gasteiger partial charge in [0.1, 0.15) is 0 Å². The molecule has 0 saturated carbocycles. The van der Waals surface area contributed by atoms with Crippen LogP contribution in [0.1, 0.15) is 30.3 Å². The molecule has 0 bridgehead atoms. The Hall–Kier alpha value is -1.85. The Kier molecular flexibility index (Phi) is 5.80. The third-order valence-corrected chi connectivity index (χ3v) is 4.18. The first-order valence-corrected chi connectivity index (χ1v) is 8.05. The molecule has 1 atom stereocenters. The van der Waals surface area contributed by atoms with Crippen molar-refractivity contribution in [2.24, 2.45) is 0 Å². The lowest BCUT2D eigenvalue weighted by molar-refractivity contribution is -0.121. The average Bonchev–Trinajstić information content (AvgIpc) is 2.81. The number of carbonyl (C=O) groups excluding carboxylic acids is 1. The summed E-state index contributed by atoms with van der Waals surface area (Å²) in [6, 6.07) is 7.21. The van der Waals surface area contributed by atoms with Crippen LogP contribution in [-0.4, -0.2) is 33.4 Å². The van der Waals surface area contributed by atoms with Crippen molar-refractivity contribution in [2.75, 3.05) is 6.61 Å². The summed E-state index contributed by atoms with van der Waals surface area (Å²) >= 11 is 5.92. The molecule has 1 amide bonds. The smallest absolute Gasteiger partial charge is 0.224 e. The van der Waals surface area contributed by atoms with Gasteiger partial charge < -0.3 is 10.4 Å². The highest BCUT2D eigenvalue weighted by Gasteiger charge is 2.17. The minimum Gasteiger partial charge on any atom is -0.394 e. The lowest BCUT2D eigenvalue weighted by Crippen LogP contribution is -2.38. The van der Waals surface area contributed by atoms with E-state index in [2.05, 4.69) is 10.4 Å². The quantitative estimate of drug-likeness (QED) is 0.852. The van der Waals surface area contributed by atoms with Crippen LogP contribution in [0.5, 0.6) is 0 Å². The number of aliphatic hydroxyl groups excluding tert-OH is 1. The van der Waals surface area contributed by atoms with Gasteiger partial charge in [0, 0.05) is 16.3 Å². The molecule has 124 valence electrons. The number of amides is 1. The normalized spacial score (nSPS) is 12.2. The fraction of sp³-hybridized carbons (Fsp3) is 0.412. The highest BCUT2D eigenvalue weighted by molar-refractivity contribution is 6.30. The Morgan fingerprint density at radius 2 is 2.00 bits per heavy atom. The topological polar surface area (TPSA) is 67.2 Å². The van der Waals surface area contributed by atoms with Crippen LogP contribution in [0.25, 0.3) is 5.69 Å². The molecule has 0 aliphatic carbocycles. The lowest BCUT2D eigenvalue weighted by Gasteiger charge is -2.14. The Morgan fingerprint density at radius 1 is 1.35 bits per heavy atom. The fourth-order valence-corrected chi connectivity index (χ4v) is 2.61. The molecule has 0 unspecified atom stereocenters. The highest BCUT2D eigenvalue weighted by Crippen LogP contribution is 2.20. The number of aliphatic hydroxyl groups is 1. The van der Waals surface area contributed by atoms with Gasteiger partial charge in [-0.05, 0) is 44.5 Å². The number of nitrogens with one attached hydrogen (secondary N) is 1. The summed E-state index contributed by atoms with van der Waals surface area (Å²) in [7, 11) is 0. The SMILES string of the molecule is CC[C@H](CO)NC(=O)Cc1c(C)nn(-c2ccc(Cl)cc2)c1C. The first-order chi connectivity index (χ1) is 11.0. The van der Waals surface area contributed by atoms with Crippen molar-refractivity contribution < 1.29 is 9.90 Å². The summed E-state index contributed by atoms with van der Waals surface area (Å²) in [5.41, 5.74) is 3.57. The third kappa shape index (κ3) is 4.12. The molecule has 6 heteroatoms. The molecule has 0 aliphatic rings. The number of benzene rings is 1. The summed E-state index contributed by atoms with van der Waals surface area (Å²) in [6.07, 6.45) is 0.950. The van der Waals surface area contributed by atoms with Crippen LogP contribution in [0.4, 0.5) is 0 Å². The second-order valence-corrected chi connectivity index (χ2v) is 6.01. The molecule has 5 nitrogen and oxygen atoms in total. The van der Waals surface area contributed by atoms with Gasteiger partial charge in [-0.3, -0.25) is 4.79 Å². The first-order valence-electron chi connectivity index (χ1n) is 7.67. The van der Waals surface area contributed by atoms with Gasteiger partial charge in [0.25, 0.3) is 0 Å². The largest absolute Gasteiger partial charge is 0.394 e. The molecular formula is C17H22ClN3O2. The average molecular weight is 336 g/mol. The van der Waals surface area contributed by atoms with E-state index in [0.717, 1.165) is 22.6 Å². The summed E-state index contributed by atoms with van der Waals surface area (Å²) in [6.45, 7) is 5.71. The van der Waals surface area contributed by atoms with E-state index < -0.39 is 0 Å². The van der Waals surface area contributed by atoms with Crippen molar-refractivity contribution in [3.63, 3.8) is 0 Å². The van der Waals surface area contributed by atoms with Crippen LogP contribution >= 0.6 is 11.6 Å². The van der Waals surface area contributed by atoms with E-state index in [4.69, 9.17) is 11.6 Å². The predicted octanol–water partition coefficient (Wildman–Crippen LogP) is 2.57. The van der Waals surface area contributed by atoms with Crippen molar-refractivity contribution >= 4 is 17.5 Å². The summed E-state index contributed by atoms with van der Waals surface area (Å²) < 4.78 is 1.82.